The molecule has 0 spiro atoms. The average Bonchev–Trinajstić information content (AvgIpc) is 3.55. The lowest BCUT2D eigenvalue weighted by Gasteiger charge is -2.14. The minimum atomic E-state index is 0.610. The van der Waals surface area contributed by atoms with E-state index >= 15 is 0 Å². The van der Waals surface area contributed by atoms with Crippen LogP contribution in [0.2, 0.25) is 0 Å². The SMILES string of the molecule is c1ccc(-c2nc3ccc(-c4cc(-c5cnc6ccccc6c5)ccc4-c4cnc5c(ccc6cccnc65)c4)cc3o2)cc1. The van der Waals surface area contributed by atoms with Crippen LogP contribution in [0.25, 0.3) is 88.6 Å². The fourth-order valence-electron chi connectivity index (χ4n) is 6.12. The summed E-state index contributed by atoms with van der Waals surface area (Å²) >= 11 is 0. The Balaban J connectivity index is 1.23. The number of oxazole rings is 1. The minimum Gasteiger partial charge on any atom is -0.436 e. The van der Waals surface area contributed by atoms with Gasteiger partial charge in [0.2, 0.25) is 5.89 Å². The highest BCUT2D eigenvalue weighted by atomic mass is 16.3. The number of pyridine rings is 3. The number of hydrogen-bond acceptors (Lipinski definition) is 5. The van der Waals surface area contributed by atoms with Crippen LogP contribution in [0.1, 0.15) is 0 Å². The van der Waals surface area contributed by atoms with Crippen molar-refractivity contribution in [2.24, 2.45) is 0 Å². The Bertz CT molecular complexity index is 2550. The van der Waals surface area contributed by atoms with Gasteiger partial charge < -0.3 is 4.42 Å². The normalized spacial score (nSPS) is 11.6. The number of aromatic nitrogens is 4. The zero-order valence-corrected chi connectivity index (χ0v) is 24.1. The Morgan fingerprint density at radius 2 is 1.20 bits per heavy atom. The van der Waals surface area contributed by atoms with Gasteiger partial charge in [0, 0.05) is 51.4 Å². The zero-order valence-electron chi connectivity index (χ0n) is 24.1. The molecule has 0 aliphatic heterocycles. The van der Waals surface area contributed by atoms with Crippen molar-refractivity contribution in [3.05, 3.63) is 146 Å². The third kappa shape index (κ3) is 4.41. The summed E-state index contributed by atoms with van der Waals surface area (Å²) < 4.78 is 6.28. The molecule has 0 N–H and O–H groups in total. The molecule has 9 rings (SSSR count). The molecule has 0 fully saturated rings. The van der Waals surface area contributed by atoms with Crippen LogP contribution in [0.15, 0.2) is 150 Å². The molecule has 5 heteroatoms. The predicted molar refractivity (Wildman–Crippen MR) is 182 cm³/mol. The third-order valence-corrected chi connectivity index (χ3v) is 8.40. The van der Waals surface area contributed by atoms with Crippen molar-refractivity contribution in [1.29, 1.82) is 0 Å². The summed E-state index contributed by atoms with van der Waals surface area (Å²) in [7, 11) is 0. The van der Waals surface area contributed by atoms with Crippen LogP contribution in [0.5, 0.6) is 0 Å². The summed E-state index contributed by atoms with van der Waals surface area (Å²) in [6.07, 6.45) is 5.72. The molecule has 4 heterocycles. The van der Waals surface area contributed by atoms with E-state index in [0.29, 0.717) is 5.89 Å². The van der Waals surface area contributed by atoms with Crippen LogP contribution in [0.3, 0.4) is 0 Å². The summed E-state index contributed by atoms with van der Waals surface area (Å²) in [5.41, 5.74) is 11.6. The van der Waals surface area contributed by atoms with Crippen molar-refractivity contribution < 1.29 is 4.42 Å². The maximum atomic E-state index is 6.28. The van der Waals surface area contributed by atoms with Gasteiger partial charge in [0.15, 0.2) is 5.58 Å². The molecule has 210 valence electrons. The Kier molecular flexibility index (Phi) is 5.74. The molecular formula is C40H24N4O. The molecule has 45 heavy (non-hydrogen) atoms. The fourth-order valence-corrected chi connectivity index (χ4v) is 6.12. The summed E-state index contributed by atoms with van der Waals surface area (Å²) in [6, 6.07) is 43.7. The Labute approximate surface area is 258 Å². The van der Waals surface area contributed by atoms with E-state index in [2.05, 4.69) is 71.7 Å². The van der Waals surface area contributed by atoms with E-state index in [9.17, 15) is 0 Å². The highest BCUT2D eigenvalue weighted by Gasteiger charge is 2.15. The lowest BCUT2D eigenvalue weighted by atomic mass is 9.91. The topological polar surface area (TPSA) is 64.7 Å². The van der Waals surface area contributed by atoms with Crippen LogP contribution in [0, 0.1) is 0 Å². The van der Waals surface area contributed by atoms with E-state index in [1.165, 1.54) is 0 Å². The van der Waals surface area contributed by atoms with Crippen molar-refractivity contribution in [2.45, 2.75) is 0 Å². The summed E-state index contributed by atoms with van der Waals surface area (Å²) in [4.78, 5) is 19.0. The van der Waals surface area contributed by atoms with Gasteiger partial charge in [-0.3, -0.25) is 15.0 Å². The number of nitrogens with zero attached hydrogens (tertiary/aromatic N) is 4. The van der Waals surface area contributed by atoms with Gasteiger partial charge in [-0.1, -0.05) is 72.8 Å². The van der Waals surface area contributed by atoms with Gasteiger partial charge in [-0.15, -0.1) is 0 Å². The Hall–Kier alpha value is -6.20. The molecular weight excluding hydrogens is 552 g/mol. The zero-order chi connectivity index (χ0) is 29.7. The van der Waals surface area contributed by atoms with E-state index in [-0.39, 0.29) is 0 Å². The van der Waals surface area contributed by atoms with Gasteiger partial charge in [0.1, 0.15) is 5.52 Å². The summed E-state index contributed by atoms with van der Waals surface area (Å²) in [5.74, 6) is 0.610. The van der Waals surface area contributed by atoms with Crippen molar-refractivity contribution in [1.82, 2.24) is 19.9 Å². The number of hydrogen-bond donors (Lipinski definition) is 0. The highest BCUT2D eigenvalue weighted by Crippen LogP contribution is 2.39. The Morgan fingerprint density at radius 3 is 2.16 bits per heavy atom. The third-order valence-electron chi connectivity index (χ3n) is 8.40. The van der Waals surface area contributed by atoms with Gasteiger partial charge in [-0.25, -0.2) is 4.98 Å². The summed E-state index contributed by atoms with van der Waals surface area (Å²) in [5, 5.41) is 3.23. The smallest absolute Gasteiger partial charge is 0.227 e. The van der Waals surface area contributed by atoms with E-state index < -0.39 is 0 Å². The van der Waals surface area contributed by atoms with Crippen LogP contribution in [0.4, 0.5) is 0 Å². The average molecular weight is 577 g/mol. The molecule has 0 radical (unpaired) electrons. The largest absolute Gasteiger partial charge is 0.436 e. The first-order valence-corrected chi connectivity index (χ1v) is 14.9. The van der Waals surface area contributed by atoms with Gasteiger partial charge in [0.25, 0.3) is 0 Å². The second-order valence-electron chi connectivity index (χ2n) is 11.2. The number of benzene rings is 5. The van der Waals surface area contributed by atoms with Gasteiger partial charge in [-0.05, 0) is 76.9 Å². The molecule has 0 aliphatic carbocycles. The number of rotatable bonds is 4. The molecule has 0 atom stereocenters. The molecule has 5 aromatic carbocycles. The molecule has 0 aliphatic rings. The van der Waals surface area contributed by atoms with Crippen molar-refractivity contribution in [3.8, 4) is 44.8 Å². The fraction of sp³-hybridized carbons (Fsp3) is 0. The molecule has 0 bridgehead atoms. The predicted octanol–water partition coefficient (Wildman–Crippen LogP) is 10.1. The van der Waals surface area contributed by atoms with Gasteiger partial charge in [0.05, 0.1) is 16.6 Å². The van der Waals surface area contributed by atoms with E-state index in [1.54, 1.807) is 0 Å². The lowest BCUT2D eigenvalue weighted by molar-refractivity contribution is 0.620. The van der Waals surface area contributed by atoms with Crippen LogP contribution < -0.4 is 0 Å². The van der Waals surface area contributed by atoms with Crippen LogP contribution >= 0.6 is 0 Å². The quantitative estimate of drug-likeness (QED) is 0.195. The molecule has 5 nitrogen and oxygen atoms in total. The highest BCUT2D eigenvalue weighted by molar-refractivity contribution is 6.04. The standard InChI is InChI=1S/C40H24N4O/c1-2-7-26(8-3-1)40-44-36-17-15-28(22-37(36)45-40)34-21-27(31-19-29-9-4-5-11-35(29)42-23-31)14-16-33(34)32-20-30-13-12-25-10-6-18-41-38(25)39(30)43-24-32/h1-24H. The van der Waals surface area contributed by atoms with Gasteiger partial charge >= 0.3 is 0 Å². The Morgan fingerprint density at radius 1 is 0.422 bits per heavy atom. The van der Waals surface area contributed by atoms with E-state index in [1.807, 2.05) is 79.3 Å². The molecule has 0 saturated heterocycles. The second kappa shape index (κ2) is 10.2. The van der Waals surface area contributed by atoms with Crippen LogP contribution in [-0.2, 0) is 0 Å². The molecule has 0 unspecified atom stereocenters. The summed E-state index contributed by atoms with van der Waals surface area (Å²) in [6.45, 7) is 0. The first kappa shape index (κ1) is 25.3. The molecule has 0 saturated carbocycles. The number of para-hydroxylation sites is 1. The van der Waals surface area contributed by atoms with Gasteiger partial charge in [-0.2, -0.15) is 0 Å². The van der Waals surface area contributed by atoms with Crippen molar-refractivity contribution in [2.75, 3.05) is 0 Å². The van der Waals surface area contributed by atoms with E-state index in [4.69, 9.17) is 19.4 Å². The monoisotopic (exact) mass is 576 g/mol. The van der Waals surface area contributed by atoms with Crippen molar-refractivity contribution >= 4 is 43.8 Å². The molecule has 4 aromatic heterocycles. The maximum Gasteiger partial charge on any atom is 0.227 e. The first-order chi connectivity index (χ1) is 22.3. The number of fused-ring (bicyclic) bond motifs is 5. The van der Waals surface area contributed by atoms with Crippen molar-refractivity contribution in [3.63, 3.8) is 0 Å². The van der Waals surface area contributed by atoms with E-state index in [0.717, 1.165) is 82.8 Å². The first-order valence-electron chi connectivity index (χ1n) is 14.9. The molecule has 9 aromatic rings. The molecule has 0 amide bonds. The second-order valence-corrected chi connectivity index (χ2v) is 11.2. The van der Waals surface area contributed by atoms with Crippen LogP contribution in [-0.4, -0.2) is 19.9 Å². The maximum absolute atomic E-state index is 6.28. The minimum absolute atomic E-state index is 0.610. The lowest BCUT2D eigenvalue weighted by Crippen LogP contribution is -1.91.